The second-order valence-corrected chi connectivity index (χ2v) is 4.53. The van der Waals surface area contributed by atoms with Crippen LogP contribution < -0.4 is 10.6 Å². The van der Waals surface area contributed by atoms with E-state index in [1.165, 1.54) is 32.4 Å². The van der Waals surface area contributed by atoms with Crippen LogP contribution in [-0.2, 0) is 4.79 Å². The normalized spacial score (nSPS) is 16.7. The van der Waals surface area contributed by atoms with E-state index in [1.807, 2.05) is 0 Å². The zero-order valence-electron chi connectivity index (χ0n) is 10.7. The Hall–Kier alpha value is -0.870. The Morgan fingerprint density at radius 3 is 2.76 bits per heavy atom. The van der Waals surface area contributed by atoms with Crippen molar-refractivity contribution in [2.45, 2.75) is 25.7 Å². The summed E-state index contributed by atoms with van der Waals surface area (Å²) in [6.45, 7) is 9.01. The summed E-state index contributed by atoms with van der Waals surface area (Å²) in [4.78, 5) is 13.8. The van der Waals surface area contributed by atoms with E-state index in [-0.39, 0.29) is 5.91 Å². The number of hydrogen-bond donors (Lipinski definition) is 2. The van der Waals surface area contributed by atoms with Crippen LogP contribution in [0.25, 0.3) is 0 Å². The number of carbonyl (C=O) groups is 1. The molecule has 0 aliphatic carbocycles. The molecule has 1 fully saturated rings. The maximum absolute atomic E-state index is 11.3. The summed E-state index contributed by atoms with van der Waals surface area (Å²) in [7, 11) is 0. The van der Waals surface area contributed by atoms with Gasteiger partial charge in [-0.2, -0.15) is 0 Å². The summed E-state index contributed by atoms with van der Waals surface area (Å²) < 4.78 is 0. The molecule has 1 aliphatic heterocycles. The summed E-state index contributed by atoms with van der Waals surface area (Å²) in [5, 5.41) is 5.90. The lowest BCUT2D eigenvalue weighted by atomic mass is 10.1. The first-order valence-electron chi connectivity index (χ1n) is 6.63. The van der Waals surface area contributed by atoms with Crippen molar-refractivity contribution >= 4 is 5.91 Å². The van der Waals surface area contributed by atoms with Crippen molar-refractivity contribution < 1.29 is 4.79 Å². The van der Waals surface area contributed by atoms with Gasteiger partial charge < -0.3 is 15.5 Å². The third-order valence-electron chi connectivity index (χ3n) is 3.00. The molecule has 1 heterocycles. The highest BCUT2D eigenvalue weighted by atomic mass is 16.1. The average Bonchev–Trinajstić information content (AvgIpc) is 2.36. The Morgan fingerprint density at radius 2 is 2.06 bits per heavy atom. The van der Waals surface area contributed by atoms with Gasteiger partial charge in [0.25, 0.3) is 0 Å². The Morgan fingerprint density at radius 1 is 1.29 bits per heavy atom. The summed E-state index contributed by atoms with van der Waals surface area (Å²) in [5.74, 6) is 0.0745. The van der Waals surface area contributed by atoms with Gasteiger partial charge in [-0.1, -0.05) is 12.5 Å². The van der Waals surface area contributed by atoms with Crippen molar-refractivity contribution in [1.29, 1.82) is 0 Å². The second kappa shape index (κ2) is 9.19. The molecule has 0 bridgehead atoms. The van der Waals surface area contributed by atoms with Crippen molar-refractivity contribution in [3.05, 3.63) is 12.7 Å². The Kier molecular flexibility index (Phi) is 7.67. The third kappa shape index (κ3) is 7.13. The molecule has 1 saturated heterocycles. The van der Waals surface area contributed by atoms with Crippen molar-refractivity contribution in [2.24, 2.45) is 0 Å². The van der Waals surface area contributed by atoms with Gasteiger partial charge >= 0.3 is 0 Å². The van der Waals surface area contributed by atoms with Gasteiger partial charge in [0, 0.05) is 13.1 Å². The van der Waals surface area contributed by atoms with E-state index in [4.69, 9.17) is 0 Å². The molecule has 0 aromatic heterocycles. The number of piperidine rings is 1. The number of rotatable bonds is 8. The molecule has 4 heteroatoms. The van der Waals surface area contributed by atoms with Crippen LogP contribution in [0.1, 0.15) is 25.7 Å². The summed E-state index contributed by atoms with van der Waals surface area (Å²) in [5.41, 5.74) is 0. The topological polar surface area (TPSA) is 44.4 Å². The molecular weight excluding hydrogens is 214 g/mol. The fourth-order valence-corrected chi connectivity index (χ4v) is 2.06. The molecule has 4 nitrogen and oxygen atoms in total. The number of likely N-dealkylation sites (tertiary alicyclic amines) is 1. The van der Waals surface area contributed by atoms with Gasteiger partial charge in [0.05, 0.1) is 6.54 Å². The minimum atomic E-state index is 0.0745. The van der Waals surface area contributed by atoms with E-state index in [9.17, 15) is 4.79 Å². The number of carbonyl (C=O) groups excluding carboxylic acids is 1. The minimum Gasteiger partial charge on any atom is -0.355 e. The van der Waals surface area contributed by atoms with Crippen LogP contribution in [0, 0.1) is 0 Å². The smallest absolute Gasteiger partial charge is 0.233 e. The molecule has 0 radical (unpaired) electrons. The third-order valence-corrected chi connectivity index (χ3v) is 3.00. The fourth-order valence-electron chi connectivity index (χ4n) is 2.06. The van der Waals surface area contributed by atoms with Crippen LogP contribution in [0.2, 0.25) is 0 Å². The molecule has 0 spiro atoms. The predicted molar refractivity (Wildman–Crippen MR) is 71.0 cm³/mol. The van der Waals surface area contributed by atoms with Gasteiger partial charge in [-0.3, -0.25) is 4.79 Å². The number of nitrogens with zero attached hydrogens (tertiary/aromatic N) is 1. The number of amides is 1. The molecule has 0 aromatic carbocycles. The van der Waals surface area contributed by atoms with Gasteiger partial charge in [-0.05, 0) is 38.9 Å². The summed E-state index contributed by atoms with van der Waals surface area (Å²) in [6.07, 6.45) is 6.84. The highest BCUT2D eigenvalue weighted by Crippen LogP contribution is 2.08. The van der Waals surface area contributed by atoms with Crippen molar-refractivity contribution in [1.82, 2.24) is 15.5 Å². The number of nitrogens with one attached hydrogen (secondary N) is 2. The predicted octanol–water partition coefficient (Wildman–Crippen LogP) is 0.754. The lowest BCUT2D eigenvalue weighted by Gasteiger charge is -2.26. The van der Waals surface area contributed by atoms with E-state index in [0.29, 0.717) is 13.1 Å². The summed E-state index contributed by atoms with van der Waals surface area (Å²) >= 11 is 0. The highest BCUT2D eigenvalue weighted by Gasteiger charge is 2.09. The maximum Gasteiger partial charge on any atom is 0.233 e. The molecule has 0 unspecified atom stereocenters. The van der Waals surface area contributed by atoms with Crippen molar-refractivity contribution in [2.75, 3.05) is 39.3 Å². The van der Waals surface area contributed by atoms with Gasteiger partial charge in [0.1, 0.15) is 0 Å². The van der Waals surface area contributed by atoms with Gasteiger partial charge in [-0.15, -0.1) is 6.58 Å². The fraction of sp³-hybridized carbons (Fsp3) is 0.769. The van der Waals surface area contributed by atoms with Gasteiger partial charge in [0.2, 0.25) is 5.91 Å². The average molecular weight is 239 g/mol. The largest absolute Gasteiger partial charge is 0.355 e. The standard InChI is InChI=1S/C13H25N3O/c1-2-7-14-12-13(17)15-8-6-11-16-9-4-3-5-10-16/h2,14H,1,3-12H2,(H,15,17). The van der Waals surface area contributed by atoms with Crippen LogP contribution >= 0.6 is 0 Å². The molecule has 2 N–H and O–H groups in total. The van der Waals surface area contributed by atoms with Crippen LogP contribution in [0.5, 0.6) is 0 Å². The number of hydrogen-bond acceptors (Lipinski definition) is 3. The molecule has 1 rings (SSSR count). The first-order valence-corrected chi connectivity index (χ1v) is 6.63. The van der Waals surface area contributed by atoms with Gasteiger partial charge in [-0.25, -0.2) is 0 Å². The van der Waals surface area contributed by atoms with E-state index >= 15 is 0 Å². The Balaban J connectivity index is 1.92. The maximum atomic E-state index is 11.3. The molecule has 0 atom stereocenters. The zero-order chi connectivity index (χ0) is 12.3. The SMILES string of the molecule is C=CCNCC(=O)NCCCN1CCCCC1. The molecule has 0 aromatic rings. The molecule has 1 aliphatic rings. The zero-order valence-corrected chi connectivity index (χ0v) is 10.7. The lowest BCUT2D eigenvalue weighted by molar-refractivity contribution is -0.120. The van der Waals surface area contributed by atoms with Crippen molar-refractivity contribution in [3.8, 4) is 0 Å². The molecule has 1 amide bonds. The van der Waals surface area contributed by atoms with E-state index in [1.54, 1.807) is 6.08 Å². The Bertz CT molecular complexity index is 225. The van der Waals surface area contributed by atoms with Crippen LogP contribution in [0.4, 0.5) is 0 Å². The molecule has 98 valence electrons. The monoisotopic (exact) mass is 239 g/mol. The molecular formula is C13H25N3O. The molecule has 0 saturated carbocycles. The van der Waals surface area contributed by atoms with E-state index in [2.05, 4.69) is 22.1 Å². The minimum absolute atomic E-state index is 0.0745. The summed E-state index contributed by atoms with van der Waals surface area (Å²) in [6, 6.07) is 0. The quantitative estimate of drug-likeness (QED) is 0.485. The van der Waals surface area contributed by atoms with Gasteiger partial charge in [0.15, 0.2) is 0 Å². The van der Waals surface area contributed by atoms with E-state index in [0.717, 1.165) is 19.5 Å². The van der Waals surface area contributed by atoms with Crippen LogP contribution in [-0.4, -0.2) is 50.1 Å². The lowest BCUT2D eigenvalue weighted by Crippen LogP contribution is -2.36. The first-order chi connectivity index (χ1) is 8.33. The van der Waals surface area contributed by atoms with E-state index < -0.39 is 0 Å². The molecule has 17 heavy (non-hydrogen) atoms. The van der Waals surface area contributed by atoms with Crippen LogP contribution in [0.3, 0.4) is 0 Å². The highest BCUT2D eigenvalue weighted by molar-refractivity contribution is 5.77. The van der Waals surface area contributed by atoms with Crippen molar-refractivity contribution in [3.63, 3.8) is 0 Å². The second-order valence-electron chi connectivity index (χ2n) is 4.53. The first kappa shape index (κ1) is 14.2. The van der Waals surface area contributed by atoms with Crippen LogP contribution in [0.15, 0.2) is 12.7 Å². The Labute approximate surface area is 104 Å².